The maximum absolute atomic E-state index is 6.42. The van der Waals surface area contributed by atoms with Crippen molar-refractivity contribution in [2.75, 3.05) is 0 Å². The smallest absolute Gasteiger partial charge is 0.164 e. The fraction of sp³-hybridized carbons (Fsp3) is 0. The highest BCUT2D eigenvalue weighted by Gasteiger charge is 2.18. The molecule has 0 atom stereocenters. The summed E-state index contributed by atoms with van der Waals surface area (Å²) in [6, 6.07) is 55.7. The van der Waals surface area contributed by atoms with Crippen LogP contribution < -0.4 is 0 Å². The first-order chi connectivity index (χ1) is 24.8. The minimum atomic E-state index is 0.613. The zero-order valence-electron chi connectivity index (χ0n) is 26.7. The molecule has 0 spiro atoms. The van der Waals surface area contributed by atoms with Gasteiger partial charge in [0.2, 0.25) is 0 Å². The molecule has 0 saturated heterocycles. The van der Waals surface area contributed by atoms with Gasteiger partial charge >= 0.3 is 0 Å². The fourth-order valence-corrected chi connectivity index (χ4v) is 6.97. The van der Waals surface area contributed by atoms with E-state index < -0.39 is 0 Å². The first kappa shape index (κ1) is 28.2. The molecule has 5 heteroatoms. The molecule has 0 aliphatic heterocycles. The Kier molecular flexibility index (Phi) is 6.42. The van der Waals surface area contributed by atoms with E-state index in [1.807, 2.05) is 91.0 Å². The summed E-state index contributed by atoms with van der Waals surface area (Å²) in [5, 5.41) is 4.22. The molecule has 0 radical (unpaired) electrons. The first-order valence-electron chi connectivity index (χ1n) is 16.6. The number of aromatic nitrogens is 3. The predicted octanol–water partition coefficient (Wildman–Crippen LogP) is 12.0. The summed E-state index contributed by atoms with van der Waals surface area (Å²) in [6.45, 7) is 0. The minimum Gasteiger partial charge on any atom is -0.456 e. The highest BCUT2D eigenvalue weighted by atomic mass is 16.3. The molecule has 0 saturated carbocycles. The summed E-state index contributed by atoms with van der Waals surface area (Å²) in [7, 11) is 0. The van der Waals surface area contributed by atoms with Gasteiger partial charge in [0.15, 0.2) is 17.5 Å². The van der Waals surface area contributed by atoms with Crippen LogP contribution in [-0.4, -0.2) is 15.0 Å². The number of hydrogen-bond donors (Lipinski definition) is 0. The molecule has 0 aliphatic rings. The summed E-state index contributed by atoms with van der Waals surface area (Å²) in [4.78, 5) is 15.1. The molecule has 234 valence electrons. The fourth-order valence-electron chi connectivity index (χ4n) is 6.97. The SMILES string of the molecule is c1ccc(-c2nc(-c3ccc(-c4cccc5oc6cc7c(cc6c45)oc4ccccc47)cc3)nc(-c3ccccc3-c3ccccc3)n2)cc1. The summed E-state index contributed by atoms with van der Waals surface area (Å²) in [6.07, 6.45) is 0. The van der Waals surface area contributed by atoms with Crippen LogP contribution >= 0.6 is 0 Å². The largest absolute Gasteiger partial charge is 0.456 e. The van der Waals surface area contributed by atoms with E-state index in [1.165, 1.54) is 0 Å². The Morgan fingerprint density at radius 2 is 0.800 bits per heavy atom. The van der Waals surface area contributed by atoms with Gasteiger partial charge in [0.1, 0.15) is 22.3 Å². The normalized spacial score (nSPS) is 11.6. The van der Waals surface area contributed by atoms with Gasteiger partial charge in [0, 0.05) is 38.2 Å². The average molecular weight is 642 g/mol. The number of para-hydroxylation sites is 1. The van der Waals surface area contributed by atoms with Crippen LogP contribution in [0.5, 0.6) is 0 Å². The number of nitrogens with zero attached hydrogens (tertiary/aromatic N) is 3. The van der Waals surface area contributed by atoms with Gasteiger partial charge in [-0.15, -0.1) is 0 Å². The summed E-state index contributed by atoms with van der Waals surface area (Å²) < 4.78 is 12.7. The lowest BCUT2D eigenvalue weighted by molar-refractivity contribution is 0.664. The van der Waals surface area contributed by atoms with Crippen LogP contribution in [0.15, 0.2) is 173 Å². The zero-order valence-corrected chi connectivity index (χ0v) is 26.7. The van der Waals surface area contributed by atoms with E-state index in [2.05, 4.69) is 72.8 Å². The average Bonchev–Trinajstić information content (AvgIpc) is 3.75. The highest BCUT2D eigenvalue weighted by Crippen LogP contribution is 2.41. The lowest BCUT2D eigenvalue weighted by atomic mass is 9.98. The van der Waals surface area contributed by atoms with Crippen molar-refractivity contribution in [1.29, 1.82) is 0 Å². The number of rotatable bonds is 5. The van der Waals surface area contributed by atoms with E-state index in [0.29, 0.717) is 17.5 Å². The molecule has 0 bridgehead atoms. The monoisotopic (exact) mass is 641 g/mol. The maximum atomic E-state index is 6.42. The zero-order chi connectivity index (χ0) is 33.0. The predicted molar refractivity (Wildman–Crippen MR) is 202 cm³/mol. The van der Waals surface area contributed by atoms with E-state index in [0.717, 1.165) is 82.8 Å². The molecule has 10 rings (SSSR count). The van der Waals surface area contributed by atoms with E-state index in [9.17, 15) is 0 Å². The number of furan rings is 2. The molecule has 0 amide bonds. The lowest BCUT2D eigenvalue weighted by Crippen LogP contribution is -2.01. The van der Waals surface area contributed by atoms with Crippen molar-refractivity contribution >= 4 is 43.9 Å². The topological polar surface area (TPSA) is 65.0 Å². The van der Waals surface area contributed by atoms with Gasteiger partial charge in [0.05, 0.1) is 0 Å². The summed E-state index contributed by atoms with van der Waals surface area (Å²) in [5.41, 5.74) is 10.5. The van der Waals surface area contributed by atoms with Crippen LogP contribution in [0, 0.1) is 0 Å². The third kappa shape index (κ3) is 4.67. The van der Waals surface area contributed by atoms with Gasteiger partial charge < -0.3 is 8.83 Å². The van der Waals surface area contributed by atoms with Gasteiger partial charge in [-0.1, -0.05) is 140 Å². The van der Waals surface area contributed by atoms with Crippen molar-refractivity contribution in [2.45, 2.75) is 0 Å². The van der Waals surface area contributed by atoms with E-state index in [-0.39, 0.29) is 0 Å². The van der Waals surface area contributed by atoms with Crippen LogP contribution in [0.25, 0.3) is 100 Å². The lowest BCUT2D eigenvalue weighted by Gasteiger charge is -2.12. The number of hydrogen-bond acceptors (Lipinski definition) is 5. The molecule has 3 heterocycles. The molecule has 3 aromatic heterocycles. The van der Waals surface area contributed by atoms with Crippen LogP contribution in [0.1, 0.15) is 0 Å². The van der Waals surface area contributed by atoms with Crippen molar-refractivity contribution in [3.63, 3.8) is 0 Å². The second-order valence-electron chi connectivity index (χ2n) is 12.4. The highest BCUT2D eigenvalue weighted by molar-refractivity contribution is 6.18. The molecule has 0 N–H and O–H groups in total. The van der Waals surface area contributed by atoms with Crippen LogP contribution in [0.2, 0.25) is 0 Å². The van der Waals surface area contributed by atoms with Gasteiger partial charge in [0.25, 0.3) is 0 Å². The van der Waals surface area contributed by atoms with E-state index in [4.69, 9.17) is 23.8 Å². The first-order valence-corrected chi connectivity index (χ1v) is 16.6. The van der Waals surface area contributed by atoms with Gasteiger partial charge in [-0.3, -0.25) is 0 Å². The molecule has 0 fully saturated rings. The molecule has 10 aromatic rings. The second-order valence-corrected chi connectivity index (χ2v) is 12.4. The van der Waals surface area contributed by atoms with Crippen molar-refractivity contribution < 1.29 is 8.83 Å². The third-order valence-corrected chi connectivity index (χ3v) is 9.37. The molecular formula is C45H27N3O2. The minimum absolute atomic E-state index is 0.613. The van der Waals surface area contributed by atoms with Gasteiger partial charge in [-0.25, -0.2) is 15.0 Å². The number of fused-ring (bicyclic) bond motifs is 6. The van der Waals surface area contributed by atoms with Gasteiger partial charge in [-0.05, 0) is 46.5 Å². The standard InChI is InChI=1S/C45H27N3O2/c1-3-12-28(13-4-1)32-16-7-8-18-35(32)45-47-43(30-14-5-2-6-15-30)46-44(48-45)31-24-22-29(23-25-31)33-19-11-21-39-42(33)37-27-40-36(26-41(37)50-39)34-17-9-10-20-38(34)49-40/h1-27H. The summed E-state index contributed by atoms with van der Waals surface area (Å²) in [5.74, 6) is 1.87. The molecule has 0 unspecified atom stereocenters. The Morgan fingerprint density at radius 3 is 1.58 bits per heavy atom. The van der Waals surface area contributed by atoms with Crippen LogP contribution in [-0.2, 0) is 0 Å². The van der Waals surface area contributed by atoms with Crippen LogP contribution in [0.3, 0.4) is 0 Å². The molecule has 7 aromatic carbocycles. The Bertz CT molecular complexity index is 2850. The maximum Gasteiger partial charge on any atom is 0.164 e. The molecule has 5 nitrogen and oxygen atoms in total. The van der Waals surface area contributed by atoms with Crippen molar-refractivity contribution in [3.8, 4) is 56.4 Å². The summed E-state index contributed by atoms with van der Waals surface area (Å²) >= 11 is 0. The van der Waals surface area contributed by atoms with Crippen molar-refractivity contribution in [1.82, 2.24) is 15.0 Å². The Morgan fingerprint density at radius 1 is 0.300 bits per heavy atom. The van der Waals surface area contributed by atoms with E-state index in [1.54, 1.807) is 0 Å². The van der Waals surface area contributed by atoms with Crippen LogP contribution in [0.4, 0.5) is 0 Å². The Labute approximate surface area is 287 Å². The molecular weight excluding hydrogens is 615 g/mol. The Balaban J connectivity index is 1.10. The molecule has 0 aliphatic carbocycles. The Hall–Kier alpha value is -6.85. The van der Waals surface area contributed by atoms with Crippen molar-refractivity contribution in [3.05, 3.63) is 164 Å². The van der Waals surface area contributed by atoms with E-state index >= 15 is 0 Å². The second kappa shape index (κ2) is 11.4. The molecule has 50 heavy (non-hydrogen) atoms. The quantitative estimate of drug-likeness (QED) is 0.187. The van der Waals surface area contributed by atoms with Crippen molar-refractivity contribution in [2.24, 2.45) is 0 Å². The van der Waals surface area contributed by atoms with Gasteiger partial charge in [-0.2, -0.15) is 0 Å². The third-order valence-electron chi connectivity index (χ3n) is 9.37. The number of benzene rings is 7.